The lowest BCUT2D eigenvalue weighted by molar-refractivity contribution is 0.777. The Bertz CT molecular complexity index is 550. The van der Waals surface area contributed by atoms with Gasteiger partial charge in [0.1, 0.15) is 11.6 Å². The van der Waals surface area contributed by atoms with Crippen LogP contribution in [0.1, 0.15) is 24.7 Å². The van der Waals surface area contributed by atoms with Crippen LogP contribution in [0.4, 0.5) is 5.82 Å². The van der Waals surface area contributed by atoms with Crippen molar-refractivity contribution in [2.45, 2.75) is 26.7 Å². The highest BCUT2D eigenvalue weighted by Gasteiger charge is 2.12. The molecule has 0 spiro atoms. The van der Waals surface area contributed by atoms with Crippen LogP contribution in [-0.4, -0.2) is 19.7 Å². The van der Waals surface area contributed by atoms with Gasteiger partial charge in [0.2, 0.25) is 0 Å². The van der Waals surface area contributed by atoms with Crippen molar-refractivity contribution in [3.63, 3.8) is 0 Å². The SMILES string of the molecule is CCCc1nc(NN)c(C)c(-n2cc(I)cn2)n1. The van der Waals surface area contributed by atoms with Crippen molar-refractivity contribution >= 4 is 28.4 Å². The summed E-state index contributed by atoms with van der Waals surface area (Å²) < 4.78 is 2.81. The third kappa shape index (κ3) is 2.61. The van der Waals surface area contributed by atoms with Crippen LogP contribution in [0.2, 0.25) is 0 Å². The van der Waals surface area contributed by atoms with Crippen molar-refractivity contribution in [1.29, 1.82) is 0 Å². The number of nitrogens with one attached hydrogen (secondary N) is 1. The highest BCUT2D eigenvalue weighted by molar-refractivity contribution is 14.1. The Labute approximate surface area is 119 Å². The lowest BCUT2D eigenvalue weighted by Crippen LogP contribution is -2.15. The Morgan fingerprint density at radius 2 is 2.22 bits per heavy atom. The minimum absolute atomic E-state index is 0.647. The summed E-state index contributed by atoms with van der Waals surface area (Å²) in [5, 5.41) is 4.27. The van der Waals surface area contributed by atoms with Gasteiger partial charge in [0, 0.05) is 18.2 Å². The van der Waals surface area contributed by atoms with E-state index in [1.807, 2.05) is 13.1 Å². The van der Waals surface area contributed by atoms with Gasteiger partial charge in [-0.15, -0.1) is 0 Å². The average molecular weight is 358 g/mol. The number of aromatic nitrogens is 4. The van der Waals surface area contributed by atoms with Gasteiger partial charge in [0.05, 0.1) is 9.77 Å². The van der Waals surface area contributed by atoms with E-state index < -0.39 is 0 Å². The predicted molar refractivity (Wildman–Crippen MR) is 78.4 cm³/mol. The Morgan fingerprint density at radius 1 is 1.44 bits per heavy atom. The molecule has 18 heavy (non-hydrogen) atoms. The number of hydrazine groups is 1. The lowest BCUT2D eigenvalue weighted by Gasteiger charge is -2.11. The Kier molecular flexibility index (Phi) is 4.12. The summed E-state index contributed by atoms with van der Waals surface area (Å²) in [6.45, 7) is 4.02. The molecule has 7 heteroatoms. The third-order valence-corrected chi connectivity index (χ3v) is 3.10. The van der Waals surface area contributed by atoms with Crippen molar-refractivity contribution in [1.82, 2.24) is 19.7 Å². The lowest BCUT2D eigenvalue weighted by atomic mass is 10.2. The summed E-state index contributed by atoms with van der Waals surface area (Å²) in [5.41, 5.74) is 3.50. The number of nitrogen functional groups attached to an aromatic ring is 1. The van der Waals surface area contributed by atoms with Crippen LogP contribution in [0, 0.1) is 10.5 Å². The summed E-state index contributed by atoms with van der Waals surface area (Å²) in [5.74, 6) is 7.69. The zero-order chi connectivity index (χ0) is 13.1. The molecule has 2 aromatic rings. The summed E-state index contributed by atoms with van der Waals surface area (Å²) in [6, 6.07) is 0. The maximum atomic E-state index is 5.50. The second-order valence-electron chi connectivity index (χ2n) is 3.93. The van der Waals surface area contributed by atoms with E-state index in [9.17, 15) is 0 Å². The Hall–Kier alpha value is -1.22. The van der Waals surface area contributed by atoms with Crippen LogP contribution < -0.4 is 11.3 Å². The molecule has 0 aromatic carbocycles. The second kappa shape index (κ2) is 5.61. The van der Waals surface area contributed by atoms with Crippen molar-refractivity contribution in [3.05, 3.63) is 27.4 Å². The second-order valence-corrected chi connectivity index (χ2v) is 5.18. The fraction of sp³-hybridized carbons (Fsp3) is 0.364. The molecule has 0 saturated carbocycles. The molecule has 6 nitrogen and oxygen atoms in total. The number of rotatable bonds is 4. The summed E-state index contributed by atoms with van der Waals surface area (Å²) >= 11 is 2.22. The van der Waals surface area contributed by atoms with Crippen LogP contribution >= 0.6 is 22.6 Å². The molecule has 0 saturated heterocycles. The number of hydrogen-bond acceptors (Lipinski definition) is 5. The first-order valence-corrected chi connectivity index (χ1v) is 6.78. The van der Waals surface area contributed by atoms with Crippen LogP contribution in [0.15, 0.2) is 12.4 Å². The maximum Gasteiger partial charge on any atom is 0.162 e. The molecule has 0 atom stereocenters. The fourth-order valence-electron chi connectivity index (χ4n) is 1.67. The van der Waals surface area contributed by atoms with Crippen molar-refractivity contribution in [3.8, 4) is 5.82 Å². The van der Waals surface area contributed by atoms with Crippen LogP contribution in [0.5, 0.6) is 0 Å². The standard InChI is InChI=1S/C11H15IN6/c1-3-4-9-15-10(17-13)7(2)11(16-9)18-6-8(12)5-14-18/h5-6H,3-4,13H2,1-2H3,(H,15,16,17). The molecular weight excluding hydrogens is 343 g/mol. The highest BCUT2D eigenvalue weighted by Crippen LogP contribution is 2.19. The fourth-order valence-corrected chi connectivity index (χ4v) is 2.05. The molecule has 0 unspecified atom stereocenters. The van der Waals surface area contributed by atoms with Gasteiger partial charge in [-0.2, -0.15) is 5.10 Å². The van der Waals surface area contributed by atoms with E-state index in [-0.39, 0.29) is 0 Å². The van der Waals surface area contributed by atoms with E-state index in [0.717, 1.165) is 33.6 Å². The topological polar surface area (TPSA) is 81.6 Å². The van der Waals surface area contributed by atoms with Crippen LogP contribution in [-0.2, 0) is 6.42 Å². The molecule has 2 rings (SSSR count). The van der Waals surface area contributed by atoms with E-state index in [1.165, 1.54) is 0 Å². The molecular formula is C11H15IN6. The molecule has 0 aliphatic carbocycles. The molecule has 2 aromatic heterocycles. The van der Waals surface area contributed by atoms with E-state index in [4.69, 9.17) is 5.84 Å². The summed E-state index contributed by atoms with van der Waals surface area (Å²) in [6.07, 6.45) is 5.52. The Balaban J connectivity index is 2.54. The number of nitrogens with two attached hydrogens (primary N) is 1. The number of halogens is 1. The normalized spacial score (nSPS) is 10.7. The molecule has 0 fully saturated rings. The minimum atomic E-state index is 0.647. The van der Waals surface area contributed by atoms with Crippen molar-refractivity contribution in [2.24, 2.45) is 5.84 Å². The van der Waals surface area contributed by atoms with Gasteiger partial charge in [0.15, 0.2) is 5.82 Å². The Morgan fingerprint density at radius 3 is 2.78 bits per heavy atom. The largest absolute Gasteiger partial charge is 0.308 e. The van der Waals surface area contributed by atoms with Crippen molar-refractivity contribution in [2.75, 3.05) is 5.43 Å². The van der Waals surface area contributed by atoms with Gasteiger partial charge in [-0.1, -0.05) is 6.92 Å². The van der Waals surface area contributed by atoms with E-state index in [1.54, 1.807) is 10.9 Å². The first-order chi connectivity index (χ1) is 8.65. The minimum Gasteiger partial charge on any atom is -0.308 e. The maximum absolute atomic E-state index is 5.50. The molecule has 0 aliphatic heterocycles. The quantitative estimate of drug-likeness (QED) is 0.495. The van der Waals surface area contributed by atoms with E-state index in [2.05, 4.69) is 50.0 Å². The molecule has 0 aliphatic rings. The monoisotopic (exact) mass is 358 g/mol. The summed E-state index contributed by atoms with van der Waals surface area (Å²) in [4.78, 5) is 8.93. The molecule has 2 heterocycles. The molecule has 0 amide bonds. The highest BCUT2D eigenvalue weighted by atomic mass is 127. The summed E-state index contributed by atoms with van der Waals surface area (Å²) in [7, 11) is 0. The third-order valence-electron chi connectivity index (χ3n) is 2.54. The van der Waals surface area contributed by atoms with Crippen LogP contribution in [0.3, 0.4) is 0 Å². The average Bonchev–Trinajstić information content (AvgIpc) is 2.78. The first-order valence-electron chi connectivity index (χ1n) is 5.70. The number of hydrogen-bond donors (Lipinski definition) is 2. The zero-order valence-corrected chi connectivity index (χ0v) is 12.5. The van der Waals surface area contributed by atoms with Gasteiger partial charge in [-0.25, -0.2) is 20.5 Å². The number of aryl methyl sites for hydroxylation is 1. The number of nitrogens with zero attached hydrogens (tertiary/aromatic N) is 4. The molecule has 0 radical (unpaired) electrons. The van der Waals surface area contributed by atoms with Crippen LogP contribution in [0.25, 0.3) is 5.82 Å². The van der Waals surface area contributed by atoms with Gasteiger partial charge in [0.25, 0.3) is 0 Å². The van der Waals surface area contributed by atoms with E-state index >= 15 is 0 Å². The molecule has 3 N–H and O–H groups in total. The van der Waals surface area contributed by atoms with Gasteiger partial charge >= 0.3 is 0 Å². The van der Waals surface area contributed by atoms with E-state index in [0.29, 0.717) is 5.82 Å². The van der Waals surface area contributed by atoms with Crippen molar-refractivity contribution < 1.29 is 0 Å². The molecule has 0 bridgehead atoms. The zero-order valence-electron chi connectivity index (χ0n) is 10.3. The van der Waals surface area contributed by atoms with Gasteiger partial charge in [-0.3, -0.25) is 0 Å². The number of anilines is 1. The smallest absolute Gasteiger partial charge is 0.162 e. The van der Waals surface area contributed by atoms with Gasteiger partial charge < -0.3 is 5.43 Å². The molecule has 96 valence electrons. The van der Waals surface area contributed by atoms with Gasteiger partial charge in [-0.05, 0) is 35.9 Å². The predicted octanol–water partition coefficient (Wildman–Crippen LogP) is 1.81. The first kappa shape index (κ1) is 13.2.